The van der Waals surface area contributed by atoms with E-state index in [1.54, 1.807) is 13.1 Å². The number of esters is 2. The number of aromatic nitrogens is 1. The second-order valence-corrected chi connectivity index (χ2v) is 9.37. The third-order valence-corrected chi connectivity index (χ3v) is 5.79. The van der Waals surface area contributed by atoms with Crippen LogP contribution in [0.3, 0.4) is 0 Å². The maximum absolute atomic E-state index is 13.0. The molecule has 2 atom stereocenters. The van der Waals surface area contributed by atoms with Crippen molar-refractivity contribution in [3.05, 3.63) is 89.6 Å². The molecule has 0 saturated carbocycles. The minimum Gasteiger partial charge on any atom is -0.465 e. The van der Waals surface area contributed by atoms with Gasteiger partial charge < -0.3 is 9.47 Å². The van der Waals surface area contributed by atoms with Crippen LogP contribution in [0.1, 0.15) is 43.9 Å². The molecule has 0 aliphatic carbocycles. The first-order valence-electron chi connectivity index (χ1n) is 12.5. The molecule has 190 valence electrons. The van der Waals surface area contributed by atoms with Crippen LogP contribution >= 0.6 is 0 Å². The van der Waals surface area contributed by atoms with Crippen LogP contribution in [0.4, 0.5) is 0 Å². The van der Waals surface area contributed by atoms with E-state index < -0.39 is 12.1 Å². The molecular formula is C30H36N2O4. The summed E-state index contributed by atoms with van der Waals surface area (Å²) in [5.41, 5.74) is 4.92. The van der Waals surface area contributed by atoms with E-state index in [4.69, 9.17) is 9.47 Å². The van der Waals surface area contributed by atoms with Gasteiger partial charge in [0.25, 0.3) is 0 Å². The number of hydrogen-bond donors (Lipinski definition) is 1. The van der Waals surface area contributed by atoms with Crippen molar-refractivity contribution in [3.63, 3.8) is 0 Å². The molecule has 1 aromatic heterocycles. The number of carbonyl (C=O) groups excluding carboxylic acids is 2. The van der Waals surface area contributed by atoms with Crippen LogP contribution in [0.2, 0.25) is 0 Å². The fraction of sp³-hybridized carbons (Fsp3) is 0.367. The van der Waals surface area contributed by atoms with E-state index in [9.17, 15) is 9.59 Å². The summed E-state index contributed by atoms with van der Waals surface area (Å²) < 4.78 is 10.9. The molecule has 6 heteroatoms. The van der Waals surface area contributed by atoms with E-state index in [0.717, 1.165) is 27.9 Å². The van der Waals surface area contributed by atoms with Gasteiger partial charge in [0.05, 0.1) is 12.3 Å². The lowest BCUT2D eigenvalue weighted by molar-refractivity contribution is -0.150. The molecule has 0 saturated heterocycles. The summed E-state index contributed by atoms with van der Waals surface area (Å²) in [5.74, 6) is -0.523. The molecule has 3 aromatic rings. The second kappa shape index (κ2) is 13.5. The van der Waals surface area contributed by atoms with Crippen molar-refractivity contribution in [1.29, 1.82) is 0 Å². The third kappa shape index (κ3) is 8.31. The quantitative estimate of drug-likeness (QED) is 0.350. The molecule has 1 N–H and O–H groups in total. The first-order valence-corrected chi connectivity index (χ1v) is 12.5. The number of pyridine rings is 1. The fourth-order valence-electron chi connectivity index (χ4n) is 3.97. The number of hydrogen-bond acceptors (Lipinski definition) is 6. The zero-order valence-electron chi connectivity index (χ0n) is 21.6. The predicted octanol–water partition coefficient (Wildman–Crippen LogP) is 5.28. The van der Waals surface area contributed by atoms with E-state index in [0.29, 0.717) is 12.8 Å². The summed E-state index contributed by atoms with van der Waals surface area (Å²) in [6, 6.07) is 20.2. The van der Waals surface area contributed by atoms with Crippen LogP contribution in [-0.4, -0.2) is 35.6 Å². The monoisotopic (exact) mass is 488 g/mol. The Balaban J connectivity index is 1.73. The first-order chi connectivity index (χ1) is 17.4. The van der Waals surface area contributed by atoms with Crippen molar-refractivity contribution in [1.82, 2.24) is 10.3 Å². The maximum atomic E-state index is 13.0. The predicted molar refractivity (Wildman–Crippen MR) is 141 cm³/mol. The normalized spacial score (nSPS) is 12.7. The highest BCUT2D eigenvalue weighted by molar-refractivity contribution is 5.80. The zero-order valence-corrected chi connectivity index (χ0v) is 21.6. The number of ether oxygens (including phenoxy) is 2. The molecule has 6 nitrogen and oxygen atoms in total. The van der Waals surface area contributed by atoms with Gasteiger partial charge in [-0.05, 0) is 61.4 Å². The fourth-order valence-corrected chi connectivity index (χ4v) is 3.97. The van der Waals surface area contributed by atoms with Crippen LogP contribution in [-0.2, 0) is 32.1 Å². The summed E-state index contributed by atoms with van der Waals surface area (Å²) in [4.78, 5) is 30.3. The van der Waals surface area contributed by atoms with E-state index in [1.165, 1.54) is 0 Å². The lowest BCUT2D eigenvalue weighted by Gasteiger charge is -2.25. The van der Waals surface area contributed by atoms with Crippen molar-refractivity contribution in [2.24, 2.45) is 5.92 Å². The molecule has 0 amide bonds. The topological polar surface area (TPSA) is 77.5 Å². The molecular weight excluding hydrogens is 452 g/mol. The van der Waals surface area contributed by atoms with E-state index in [2.05, 4.69) is 10.3 Å². The molecule has 0 fully saturated rings. The number of nitrogens with zero attached hydrogens (tertiary/aromatic N) is 1. The summed E-state index contributed by atoms with van der Waals surface area (Å²) in [6.45, 7) is 8.34. The average molecular weight is 489 g/mol. The van der Waals surface area contributed by atoms with Crippen molar-refractivity contribution in [2.45, 2.75) is 59.2 Å². The van der Waals surface area contributed by atoms with E-state index in [-0.39, 0.29) is 31.1 Å². The highest BCUT2D eigenvalue weighted by Crippen LogP contribution is 2.20. The van der Waals surface area contributed by atoms with Crippen molar-refractivity contribution >= 4 is 11.9 Å². The van der Waals surface area contributed by atoms with Gasteiger partial charge in [-0.1, -0.05) is 68.4 Å². The van der Waals surface area contributed by atoms with Gasteiger partial charge in [-0.2, -0.15) is 0 Å². The summed E-state index contributed by atoms with van der Waals surface area (Å²) in [7, 11) is 0. The molecule has 0 spiro atoms. The Morgan fingerprint density at radius 2 is 1.58 bits per heavy atom. The Bertz CT molecular complexity index is 1110. The SMILES string of the molecule is CCOC(=O)[C@H](Cc1ccc(-c2cc(C)ccn2)cc1)N[C@@H](CC(C)C)C(=O)OCc1ccccc1. The zero-order chi connectivity index (χ0) is 25.9. The van der Waals surface area contributed by atoms with Gasteiger partial charge in [-0.3, -0.25) is 19.9 Å². The van der Waals surface area contributed by atoms with Gasteiger partial charge in [-0.15, -0.1) is 0 Å². The number of nitrogens with one attached hydrogen (secondary N) is 1. The van der Waals surface area contributed by atoms with Crippen LogP contribution in [0.5, 0.6) is 0 Å². The Kier molecular flexibility index (Phi) is 10.2. The van der Waals surface area contributed by atoms with Crippen LogP contribution in [0.15, 0.2) is 72.9 Å². The smallest absolute Gasteiger partial charge is 0.323 e. The Hall–Kier alpha value is -3.51. The Morgan fingerprint density at radius 1 is 0.889 bits per heavy atom. The number of benzene rings is 2. The molecule has 0 bridgehead atoms. The number of carbonyl (C=O) groups is 2. The maximum Gasteiger partial charge on any atom is 0.323 e. The molecule has 36 heavy (non-hydrogen) atoms. The van der Waals surface area contributed by atoms with Gasteiger partial charge in [0.1, 0.15) is 18.7 Å². The average Bonchev–Trinajstić information content (AvgIpc) is 2.87. The highest BCUT2D eigenvalue weighted by atomic mass is 16.5. The molecule has 0 aliphatic heterocycles. The minimum absolute atomic E-state index is 0.189. The summed E-state index contributed by atoms with van der Waals surface area (Å²) >= 11 is 0. The summed E-state index contributed by atoms with van der Waals surface area (Å²) in [6.07, 6.45) is 2.73. The Morgan fingerprint density at radius 3 is 2.22 bits per heavy atom. The lowest BCUT2D eigenvalue weighted by atomic mass is 9.99. The third-order valence-electron chi connectivity index (χ3n) is 5.79. The van der Waals surface area contributed by atoms with Gasteiger partial charge in [0.15, 0.2) is 0 Å². The highest BCUT2D eigenvalue weighted by Gasteiger charge is 2.29. The van der Waals surface area contributed by atoms with Crippen molar-refractivity contribution in [3.8, 4) is 11.3 Å². The van der Waals surface area contributed by atoms with Gasteiger partial charge >= 0.3 is 11.9 Å². The number of aryl methyl sites for hydroxylation is 1. The largest absolute Gasteiger partial charge is 0.465 e. The van der Waals surface area contributed by atoms with Gasteiger partial charge in [0.2, 0.25) is 0 Å². The van der Waals surface area contributed by atoms with Gasteiger partial charge in [0, 0.05) is 11.8 Å². The van der Waals surface area contributed by atoms with E-state index in [1.807, 2.05) is 87.5 Å². The molecule has 0 aliphatic rings. The van der Waals surface area contributed by atoms with Crippen LogP contribution in [0, 0.1) is 12.8 Å². The second-order valence-electron chi connectivity index (χ2n) is 9.37. The number of rotatable bonds is 12. The Labute approximate surface area is 214 Å². The standard InChI is InChI=1S/C30H36N2O4/c1-5-35-29(33)28(19-23-11-13-25(14-12-23)26-18-22(4)15-16-31-26)32-27(17-21(2)3)30(34)36-20-24-9-7-6-8-10-24/h6-16,18,21,27-28,32H,5,17,19-20H2,1-4H3/t27-,28-/m0/s1. The molecule has 0 radical (unpaired) electrons. The molecule has 0 unspecified atom stereocenters. The van der Waals surface area contributed by atoms with Crippen LogP contribution < -0.4 is 5.32 Å². The van der Waals surface area contributed by atoms with Crippen molar-refractivity contribution in [2.75, 3.05) is 6.61 Å². The molecule has 2 aromatic carbocycles. The summed E-state index contributed by atoms with van der Waals surface area (Å²) in [5, 5.41) is 3.25. The molecule has 1 heterocycles. The van der Waals surface area contributed by atoms with Crippen LogP contribution in [0.25, 0.3) is 11.3 Å². The lowest BCUT2D eigenvalue weighted by Crippen LogP contribution is -2.50. The van der Waals surface area contributed by atoms with Gasteiger partial charge in [-0.25, -0.2) is 0 Å². The van der Waals surface area contributed by atoms with E-state index >= 15 is 0 Å². The first kappa shape index (κ1) is 27.1. The molecule has 3 rings (SSSR count). The van der Waals surface area contributed by atoms with Crippen molar-refractivity contribution < 1.29 is 19.1 Å². The minimum atomic E-state index is -0.680.